The molecule has 2 N–H and O–H groups in total. The van der Waals surface area contributed by atoms with Crippen LogP contribution in [0.15, 0.2) is 12.1 Å². The second-order valence-electron chi connectivity index (χ2n) is 3.98. The number of ether oxygens (including phenoxy) is 2. The number of methoxy groups -OCH3 is 2. The Morgan fingerprint density at radius 1 is 1.21 bits per heavy atom. The number of benzene rings is 1. The van der Waals surface area contributed by atoms with Crippen LogP contribution in [0, 0.1) is 6.92 Å². The van der Waals surface area contributed by atoms with Gasteiger partial charge in [0, 0.05) is 6.54 Å². The molecule has 0 aromatic heterocycles. The maximum atomic E-state index is 11.3. The minimum Gasteiger partial charge on any atom is -0.493 e. The van der Waals surface area contributed by atoms with Crippen molar-refractivity contribution in [2.75, 3.05) is 14.2 Å². The molecule has 6 nitrogen and oxygen atoms in total. The number of nitrogens with one attached hydrogen (secondary N) is 1. The summed E-state index contributed by atoms with van der Waals surface area (Å²) in [6.45, 7) is 2.12. The zero-order valence-corrected chi connectivity index (χ0v) is 11.1. The predicted octanol–water partition coefficient (Wildman–Crippen LogP) is 1.10. The maximum Gasteiger partial charge on any atom is 0.312 e. The van der Waals surface area contributed by atoms with E-state index in [4.69, 9.17) is 14.6 Å². The Morgan fingerprint density at radius 2 is 1.79 bits per heavy atom. The molecule has 104 valence electrons. The van der Waals surface area contributed by atoms with E-state index in [1.807, 2.05) is 6.92 Å². The molecule has 6 heteroatoms. The molecule has 0 aliphatic carbocycles. The highest BCUT2D eigenvalue weighted by Gasteiger charge is 2.11. The fraction of sp³-hybridized carbons (Fsp3) is 0.385. The Morgan fingerprint density at radius 3 is 2.32 bits per heavy atom. The van der Waals surface area contributed by atoms with Crippen molar-refractivity contribution < 1.29 is 24.2 Å². The smallest absolute Gasteiger partial charge is 0.312 e. The van der Waals surface area contributed by atoms with Crippen LogP contribution in [0.4, 0.5) is 0 Å². The second kappa shape index (κ2) is 6.63. The molecule has 19 heavy (non-hydrogen) atoms. The van der Waals surface area contributed by atoms with E-state index in [-0.39, 0.29) is 6.54 Å². The van der Waals surface area contributed by atoms with Gasteiger partial charge in [-0.05, 0) is 30.2 Å². The fourth-order valence-corrected chi connectivity index (χ4v) is 1.61. The molecule has 0 saturated heterocycles. The van der Waals surface area contributed by atoms with Gasteiger partial charge in [-0.1, -0.05) is 0 Å². The number of carboxylic acids is 1. The number of carboxylic acid groups (broad SMARTS) is 1. The molecule has 0 atom stereocenters. The van der Waals surface area contributed by atoms with E-state index < -0.39 is 18.3 Å². The van der Waals surface area contributed by atoms with Gasteiger partial charge in [0.1, 0.15) is 6.42 Å². The monoisotopic (exact) mass is 267 g/mol. The van der Waals surface area contributed by atoms with Crippen LogP contribution >= 0.6 is 0 Å². The summed E-state index contributed by atoms with van der Waals surface area (Å²) >= 11 is 0. The summed E-state index contributed by atoms with van der Waals surface area (Å²) in [5, 5.41) is 11.0. The zero-order valence-electron chi connectivity index (χ0n) is 11.1. The van der Waals surface area contributed by atoms with Gasteiger partial charge in [-0.25, -0.2) is 0 Å². The number of aliphatic carboxylic acids is 1. The molecular formula is C13H17NO5. The summed E-state index contributed by atoms with van der Waals surface area (Å²) in [6.07, 6.45) is -0.535. The number of hydrogen-bond acceptors (Lipinski definition) is 4. The molecule has 0 aliphatic rings. The number of hydrogen-bond donors (Lipinski definition) is 2. The van der Waals surface area contributed by atoms with Crippen molar-refractivity contribution in [3.05, 3.63) is 23.3 Å². The minimum atomic E-state index is -1.15. The zero-order chi connectivity index (χ0) is 14.4. The van der Waals surface area contributed by atoms with Gasteiger partial charge >= 0.3 is 5.97 Å². The molecule has 0 spiro atoms. The van der Waals surface area contributed by atoms with Crippen LogP contribution in [0.2, 0.25) is 0 Å². The number of rotatable bonds is 6. The van der Waals surface area contributed by atoms with Crippen molar-refractivity contribution in [3.63, 3.8) is 0 Å². The lowest BCUT2D eigenvalue weighted by Gasteiger charge is -2.13. The summed E-state index contributed by atoms with van der Waals surface area (Å²) in [4.78, 5) is 21.6. The highest BCUT2D eigenvalue weighted by molar-refractivity contribution is 5.93. The van der Waals surface area contributed by atoms with Crippen molar-refractivity contribution in [1.82, 2.24) is 5.32 Å². The van der Waals surface area contributed by atoms with Crippen molar-refractivity contribution >= 4 is 11.9 Å². The minimum absolute atomic E-state index is 0.248. The Kier molecular flexibility index (Phi) is 5.17. The predicted molar refractivity (Wildman–Crippen MR) is 68.4 cm³/mol. The van der Waals surface area contributed by atoms with Gasteiger partial charge in [0.25, 0.3) is 0 Å². The number of carbonyl (C=O) groups excluding carboxylic acids is 1. The average molecular weight is 267 g/mol. The lowest BCUT2D eigenvalue weighted by atomic mass is 10.1. The summed E-state index contributed by atoms with van der Waals surface area (Å²) in [6, 6.07) is 3.56. The van der Waals surface area contributed by atoms with Crippen molar-refractivity contribution in [2.45, 2.75) is 19.9 Å². The molecule has 1 aromatic rings. The van der Waals surface area contributed by atoms with Gasteiger partial charge in [-0.2, -0.15) is 0 Å². The fourth-order valence-electron chi connectivity index (χ4n) is 1.61. The molecule has 0 saturated carbocycles. The Bertz CT molecular complexity index is 484. The molecule has 1 rings (SSSR count). The highest BCUT2D eigenvalue weighted by atomic mass is 16.5. The summed E-state index contributed by atoms with van der Waals surface area (Å²) in [5.41, 5.74) is 1.77. The molecule has 0 bridgehead atoms. The first kappa shape index (κ1) is 14.8. The molecule has 1 amide bonds. The Hall–Kier alpha value is -2.24. The lowest BCUT2D eigenvalue weighted by Crippen LogP contribution is -2.25. The SMILES string of the molecule is COc1cc(C)c(CNC(=O)CC(=O)O)cc1OC. The molecular weight excluding hydrogens is 250 g/mol. The molecule has 0 fully saturated rings. The third kappa shape index (κ3) is 4.17. The summed E-state index contributed by atoms with van der Waals surface area (Å²) in [5.74, 6) is -0.501. The van der Waals surface area contributed by atoms with E-state index in [2.05, 4.69) is 5.32 Å². The van der Waals surface area contributed by atoms with Crippen LogP contribution in [0.25, 0.3) is 0 Å². The molecule has 0 heterocycles. The average Bonchev–Trinajstić information content (AvgIpc) is 2.36. The quantitative estimate of drug-likeness (QED) is 0.754. The van der Waals surface area contributed by atoms with Crippen LogP contribution < -0.4 is 14.8 Å². The van der Waals surface area contributed by atoms with Gasteiger partial charge in [-0.3, -0.25) is 9.59 Å². The Balaban J connectivity index is 2.78. The first-order valence-corrected chi connectivity index (χ1v) is 5.68. The van der Waals surface area contributed by atoms with Crippen molar-refractivity contribution in [2.24, 2.45) is 0 Å². The third-order valence-corrected chi connectivity index (χ3v) is 2.63. The van der Waals surface area contributed by atoms with E-state index in [0.717, 1.165) is 11.1 Å². The van der Waals surface area contributed by atoms with Crippen molar-refractivity contribution in [3.8, 4) is 11.5 Å². The van der Waals surface area contributed by atoms with E-state index in [1.54, 1.807) is 19.2 Å². The van der Waals surface area contributed by atoms with Gasteiger partial charge in [0.2, 0.25) is 5.91 Å². The van der Waals surface area contributed by atoms with Gasteiger partial charge in [0.05, 0.1) is 14.2 Å². The second-order valence-corrected chi connectivity index (χ2v) is 3.98. The summed E-state index contributed by atoms with van der Waals surface area (Å²) < 4.78 is 10.3. The van der Waals surface area contributed by atoms with Gasteiger partial charge in [-0.15, -0.1) is 0 Å². The van der Waals surface area contributed by atoms with Crippen LogP contribution in [-0.2, 0) is 16.1 Å². The van der Waals surface area contributed by atoms with Gasteiger partial charge in [0.15, 0.2) is 11.5 Å². The van der Waals surface area contributed by atoms with Crippen LogP contribution in [0.5, 0.6) is 11.5 Å². The highest BCUT2D eigenvalue weighted by Crippen LogP contribution is 2.30. The summed E-state index contributed by atoms with van der Waals surface area (Å²) in [7, 11) is 3.07. The topological polar surface area (TPSA) is 84.9 Å². The standard InChI is InChI=1S/C13H17NO5/c1-8-4-10(18-2)11(19-3)5-9(8)7-14-12(15)6-13(16)17/h4-5H,6-7H2,1-3H3,(H,14,15)(H,16,17). The van der Waals surface area contributed by atoms with Crippen LogP contribution in [0.3, 0.4) is 0 Å². The lowest BCUT2D eigenvalue weighted by molar-refractivity contribution is -0.140. The van der Waals surface area contributed by atoms with Crippen molar-refractivity contribution in [1.29, 1.82) is 0 Å². The van der Waals surface area contributed by atoms with E-state index in [0.29, 0.717) is 11.5 Å². The molecule has 0 radical (unpaired) electrons. The number of amides is 1. The Labute approximate surface area is 111 Å². The third-order valence-electron chi connectivity index (χ3n) is 2.63. The van der Waals surface area contributed by atoms with E-state index in [9.17, 15) is 9.59 Å². The normalized spacial score (nSPS) is 9.84. The van der Waals surface area contributed by atoms with E-state index in [1.165, 1.54) is 7.11 Å². The van der Waals surface area contributed by atoms with Crippen LogP contribution in [-0.4, -0.2) is 31.2 Å². The van der Waals surface area contributed by atoms with Gasteiger partial charge < -0.3 is 19.9 Å². The van der Waals surface area contributed by atoms with Crippen LogP contribution in [0.1, 0.15) is 17.5 Å². The molecule has 0 unspecified atom stereocenters. The number of aryl methyl sites for hydroxylation is 1. The van der Waals surface area contributed by atoms with E-state index >= 15 is 0 Å². The largest absolute Gasteiger partial charge is 0.493 e. The maximum absolute atomic E-state index is 11.3. The molecule has 1 aromatic carbocycles. The number of carbonyl (C=O) groups is 2. The first-order chi connectivity index (χ1) is 8.97. The first-order valence-electron chi connectivity index (χ1n) is 5.68. The molecule has 0 aliphatic heterocycles.